The summed E-state index contributed by atoms with van der Waals surface area (Å²) in [6.07, 6.45) is 4.39. The molecule has 0 aliphatic carbocycles. The van der Waals surface area contributed by atoms with Gasteiger partial charge in [-0.2, -0.15) is 0 Å². The van der Waals surface area contributed by atoms with Crippen LogP contribution in [0.25, 0.3) is 0 Å². The highest BCUT2D eigenvalue weighted by molar-refractivity contribution is 7.17. The Bertz CT molecular complexity index is 940. The highest BCUT2D eigenvalue weighted by atomic mass is 32.1. The minimum atomic E-state index is -0.413. The van der Waals surface area contributed by atoms with Crippen LogP contribution in [0.3, 0.4) is 0 Å². The largest absolute Gasteiger partial charge is 0.462 e. The molecule has 0 radical (unpaired) electrons. The van der Waals surface area contributed by atoms with Crippen molar-refractivity contribution in [2.24, 2.45) is 0 Å². The van der Waals surface area contributed by atoms with Crippen molar-refractivity contribution in [3.8, 4) is 0 Å². The zero-order chi connectivity index (χ0) is 22.4. The minimum Gasteiger partial charge on any atom is -0.462 e. The van der Waals surface area contributed by atoms with Gasteiger partial charge in [-0.15, -0.1) is 11.3 Å². The number of amides is 2. The summed E-state index contributed by atoms with van der Waals surface area (Å²) in [6, 6.07) is 0. The Balaban J connectivity index is 1.76. The van der Waals surface area contributed by atoms with Crippen molar-refractivity contribution in [2.45, 2.75) is 59.3 Å². The second kappa shape index (κ2) is 10.8. The number of carbonyl (C=O) groups excluding carboxylic acids is 3. The van der Waals surface area contributed by atoms with Crippen molar-refractivity contribution in [1.29, 1.82) is 0 Å². The molecule has 0 N–H and O–H groups in total. The van der Waals surface area contributed by atoms with Gasteiger partial charge in [0.25, 0.3) is 0 Å². The maximum atomic E-state index is 13.2. The minimum absolute atomic E-state index is 0.0816. The normalized spacial score (nSPS) is 13.6. The summed E-state index contributed by atoms with van der Waals surface area (Å²) in [5, 5.41) is 2.99. The van der Waals surface area contributed by atoms with Crippen molar-refractivity contribution in [1.82, 2.24) is 9.97 Å². The lowest BCUT2D eigenvalue weighted by molar-refractivity contribution is -0.118. The van der Waals surface area contributed by atoms with Gasteiger partial charge in [0.05, 0.1) is 24.4 Å². The fraction of sp³-hybridized carbons (Fsp3) is 0.571. The standard InChI is InChI=1S/C21H28N4O4S2/c1-4-6-7-10-25(21-22-14(3)18(31-21)19(28)29-5-2)17(27)12-15-13-30-20(23-15)24-11-8-9-16(24)26/h13H,4-12H2,1-3H3. The van der Waals surface area contributed by atoms with Gasteiger partial charge in [-0.1, -0.05) is 31.1 Å². The lowest BCUT2D eigenvalue weighted by atomic mass is 10.2. The first-order valence-corrected chi connectivity index (χ1v) is 12.3. The number of rotatable bonds is 10. The van der Waals surface area contributed by atoms with Gasteiger partial charge in [-0.05, 0) is 26.7 Å². The van der Waals surface area contributed by atoms with E-state index in [2.05, 4.69) is 16.9 Å². The molecule has 0 saturated carbocycles. The second-order valence-corrected chi connectivity index (χ2v) is 9.15. The number of aromatic nitrogens is 2. The molecular weight excluding hydrogens is 436 g/mol. The summed E-state index contributed by atoms with van der Waals surface area (Å²) in [6.45, 7) is 7.11. The number of aryl methyl sites for hydroxylation is 1. The van der Waals surface area contributed by atoms with Crippen LogP contribution in [-0.2, 0) is 20.7 Å². The fourth-order valence-electron chi connectivity index (χ4n) is 3.33. The van der Waals surface area contributed by atoms with Gasteiger partial charge in [0.15, 0.2) is 10.3 Å². The molecule has 31 heavy (non-hydrogen) atoms. The van der Waals surface area contributed by atoms with Crippen LogP contribution >= 0.6 is 22.7 Å². The predicted octanol–water partition coefficient (Wildman–Crippen LogP) is 3.98. The van der Waals surface area contributed by atoms with E-state index in [1.807, 2.05) is 5.38 Å². The maximum absolute atomic E-state index is 13.2. The molecular formula is C21H28N4O4S2. The lowest BCUT2D eigenvalue weighted by Crippen LogP contribution is -2.33. The zero-order valence-corrected chi connectivity index (χ0v) is 19.8. The molecule has 1 fully saturated rings. The van der Waals surface area contributed by atoms with Crippen LogP contribution in [0.5, 0.6) is 0 Å². The molecule has 2 aromatic rings. The first-order chi connectivity index (χ1) is 14.9. The molecule has 0 spiro atoms. The van der Waals surface area contributed by atoms with Crippen molar-refractivity contribution in [3.63, 3.8) is 0 Å². The second-order valence-electron chi connectivity index (χ2n) is 7.33. The number of anilines is 2. The summed E-state index contributed by atoms with van der Waals surface area (Å²) in [4.78, 5) is 50.1. The first-order valence-electron chi connectivity index (χ1n) is 10.6. The van der Waals surface area contributed by atoms with Crippen LogP contribution in [0, 0.1) is 6.92 Å². The molecule has 1 saturated heterocycles. The average molecular weight is 465 g/mol. The Hall–Kier alpha value is -2.33. The smallest absolute Gasteiger partial charge is 0.350 e. The summed E-state index contributed by atoms with van der Waals surface area (Å²) in [5.41, 5.74) is 1.21. The molecule has 2 amide bonds. The van der Waals surface area contributed by atoms with Gasteiger partial charge in [-0.3, -0.25) is 19.4 Å². The Morgan fingerprint density at radius 3 is 2.74 bits per heavy atom. The van der Waals surface area contributed by atoms with Crippen molar-refractivity contribution < 1.29 is 19.1 Å². The molecule has 0 aromatic carbocycles. The summed E-state index contributed by atoms with van der Waals surface area (Å²) in [7, 11) is 0. The number of hydrogen-bond acceptors (Lipinski definition) is 8. The number of esters is 1. The molecule has 0 unspecified atom stereocenters. The molecule has 2 aromatic heterocycles. The highest BCUT2D eigenvalue weighted by Gasteiger charge is 2.27. The molecule has 8 nitrogen and oxygen atoms in total. The summed E-state index contributed by atoms with van der Waals surface area (Å²) < 4.78 is 5.10. The quantitative estimate of drug-likeness (QED) is 0.390. The SMILES string of the molecule is CCCCCN(C(=O)Cc1csc(N2CCCC2=O)n1)c1nc(C)c(C(=O)OCC)s1. The molecule has 3 heterocycles. The van der Waals surface area contributed by atoms with Crippen molar-refractivity contribution >= 4 is 50.7 Å². The fourth-order valence-corrected chi connectivity index (χ4v) is 5.20. The van der Waals surface area contributed by atoms with Crippen LogP contribution in [0.15, 0.2) is 5.38 Å². The summed E-state index contributed by atoms with van der Waals surface area (Å²) in [5.74, 6) is -0.452. The molecule has 1 aliphatic heterocycles. The number of carbonyl (C=O) groups is 3. The Morgan fingerprint density at radius 2 is 2.06 bits per heavy atom. The van der Waals surface area contributed by atoms with E-state index in [0.29, 0.717) is 46.0 Å². The number of unbranched alkanes of at least 4 members (excludes halogenated alkanes) is 2. The van der Waals surface area contributed by atoms with E-state index < -0.39 is 5.97 Å². The molecule has 3 rings (SSSR count). The average Bonchev–Trinajstić information content (AvgIpc) is 3.45. The van der Waals surface area contributed by atoms with Gasteiger partial charge in [0.1, 0.15) is 4.88 Å². The van der Waals surface area contributed by atoms with Crippen LogP contribution in [0.2, 0.25) is 0 Å². The van der Waals surface area contributed by atoms with E-state index in [4.69, 9.17) is 4.74 Å². The Morgan fingerprint density at radius 1 is 1.26 bits per heavy atom. The van der Waals surface area contributed by atoms with Crippen LogP contribution < -0.4 is 9.80 Å². The van der Waals surface area contributed by atoms with Gasteiger partial charge < -0.3 is 4.74 Å². The molecule has 168 valence electrons. The van der Waals surface area contributed by atoms with Crippen LogP contribution in [-0.4, -0.2) is 47.4 Å². The number of thiazole rings is 2. The van der Waals surface area contributed by atoms with Gasteiger partial charge in [0.2, 0.25) is 11.8 Å². The third kappa shape index (κ3) is 5.68. The van der Waals surface area contributed by atoms with Gasteiger partial charge >= 0.3 is 5.97 Å². The summed E-state index contributed by atoms with van der Waals surface area (Å²) >= 11 is 2.57. The first kappa shape index (κ1) is 23.3. The van der Waals surface area contributed by atoms with Gasteiger partial charge in [-0.25, -0.2) is 14.8 Å². The van der Waals surface area contributed by atoms with Crippen LogP contribution in [0.1, 0.15) is 67.0 Å². The topological polar surface area (TPSA) is 92.7 Å². The third-order valence-electron chi connectivity index (χ3n) is 4.94. The van der Waals surface area contributed by atoms with E-state index in [9.17, 15) is 14.4 Å². The Labute approximate surface area is 190 Å². The highest BCUT2D eigenvalue weighted by Crippen LogP contribution is 2.29. The molecule has 10 heteroatoms. The van der Waals surface area contributed by atoms with Gasteiger partial charge in [0, 0.05) is 24.9 Å². The molecule has 0 atom stereocenters. The van der Waals surface area contributed by atoms with E-state index in [1.165, 1.54) is 22.7 Å². The van der Waals surface area contributed by atoms with E-state index >= 15 is 0 Å². The van der Waals surface area contributed by atoms with E-state index in [0.717, 1.165) is 25.7 Å². The molecule has 0 bridgehead atoms. The number of ether oxygens (including phenoxy) is 1. The number of hydrogen-bond donors (Lipinski definition) is 0. The Kier molecular flexibility index (Phi) is 8.14. The maximum Gasteiger partial charge on any atom is 0.350 e. The monoisotopic (exact) mass is 464 g/mol. The lowest BCUT2D eigenvalue weighted by Gasteiger charge is -2.19. The molecule has 1 aliphatic rings. The van der Waals surface area contributed by atoms with Crippen molar-refractivity contribution in [2.75, 3.05) is 29.5 Å². The van der Waals surface area contributed by atoms with E-state index in [-0.39, 0.29) is 24.8 Å². The zero-order valence-electron chi connectivity index (χ0n) is 18.2. The third-order valence-corrected chi connectivity index (χ3v) is 7.01. The van der Waals surface area contributed by atoms with E-state index in [1.54, 1.807) is 23.6 Å². The predicted molar refractivity (Wildman–Crippen MR) is 122 cm³/mol. The number of nitrogens with zero attached hydrogens (tertiary/aromatic N) is 4. The van der Waals surface area contributed by atoms with Crippen molar-refractivity contribution in [3.05, 3.63) is 21.6 Å². The van der Waals surface area contributed by atoms with Crippen LogP contribution in [0.4, 0.5) is 10.3 Å².